The van der Waals surface area contributed by atoms with Crippen molar-refractivity contribution in [2.75, 3.05) is 17.5 Å². The molecule has 8 heteroatoms. The minimum absolute atomic E-state index is 0.207. The van der Waals surface area contributed by atoms with Crippen molar-refractivity contribution in [3.63, 3.8) is 0 Å². The van der Waals surface area contributed by atoms with Gasteiger partial charge in [-0.2, -0.15) is 0 Å². The van der Waals surface area contributed by atoms with E-state index >= 15 is 0 Å². The molecule has 0 saturated carbocycles. The second-order valence-corrected chi connectivity index (χ2v) is 6.74. The Balaban J connectivity index is 1.87. The minimum atomic E-state index is -3.31. The van der Waals surface area contributed by atoms with Crippen molar-refractivity contribution in [3.05, 3.63) is 48.0 Å². The molecule has 0 aliphatic rings. The highest BCUT2D eigenvalue weighted by Crippen LogP contribution is 2.10. The molecule has 1 amide bonds. The monoisotopic (exact) mass is 322 g/mol. The highest BCUT2D eigenvalue weighted by Gasteiger charge is 2.07. The number of benzene rings is 1. The first-order valence-corrected chi connectivity index (χ1v) is 8.55. The van der Waals surface area contributed by atoms with Gasteiger partial charge in [0.15, 0.2) is 0 Å². The lowest BCUT2D eigenvalue weighted by molar-refractivity contribution is 0.0954. The van der Waals surface area contributed by atoms with E-state index in [2.05, 4.69) is 15.0 Å². The summed E-state index contributed by atoms with van der Waals surface area (Å²) < 4.78 is 26.4. The lowest BCUT2D eigenvalue weighted by atomic mass is 10.2. The van der Waals surface area contributed by atoms with Crippen LogP contribution in [0.3, 0.4) is 0 Å². The van der Waals surface area contributed by atoms with E-state index in [1.165, 1.54) is 0 Å². The molecule has 2 aromatic rings. The molecule has 0 unspecified atom stereocenters. The number of imidazole rings is 1. The number of carbonyl (C=O) groups excluding carboxylic acids is 1. The van der Waals surface area contributed by atoms with E-state index in [0.717, 1.165) is 11.9 Å². The Morgan fingerprint density at radius 3 is 2.50 bits per heavy atom. The van der Waals surface area contributed by atoms with Crippen molar-refractivity contribution >= 4 is 21.6 Å². The van der Waals surface area contributed by atoms with Gasteiger partial charge >= 0.3 is 0 Å². The number of hydrogen-bond acceptors (Lipinski definition) is 4. The van der Waals surface area contributed by atoms with E-state index in [-0.39, 0.29) is 5.91 Å². The molecule has 1 aromatic carbocycles. The third kappa shape index (κ3) is 4.88. The fourth-order valence-electron chi connectivity index (χ4n) is 1.91. The van der Waals surface area contributed by atoms with Crippen molar-refractivity contribution in [1.82, 2.24) is 14.9 Å². The van der Waals surface area contributed by atoms with Crippen LogP contribution < -0.4 is 10.0 Å². The molecule has 0 spiro atoms. The number of aromatic nitrogens is 2. The van der Waals surface area contributed by atoms with Gasteiger partial charge < -0.3 is 9.88 Å². The van der Waals surface area contributed by atoms with Crippen LogP contribution in [0.25, 0.3) is 0 Å². The Labute approximate surface area is 129 Å². The summed E-state index contributed by atoms with van der Waals surface area (Å²) in [7, 11) is -1.42. The summed E-state index contributed by atoms with van der Waals surface area (Å²) in [6, 6.07) is 6.25. The molecular weight excluding hydrogens is 304 g/mol. The molecule has 0 atom stereocenters. The lowest BCUT2D eigenvalue weighted by Crippen LogP contribution is -2.25. The van der Waals surface area contributed by atoms with Gasteiger partial charge in [0.05, 0.1) is 18.3 Å². The molecule has 7 nitrogen and oxygen atoms in total. The van der Waals surface area contributed by atoms with Gasteiger partial charge in [-0.25, -0.2) is 13.4 Å². The molecule has 2 N–H and O–H groups in total. The topological polar surface area (TPSA) is 93.1 Å². The molecule has 0 radical (unpaired) electrons. The Morgan fingerprint density at radius 2 is 1.95 bits per heavy atom. The maximum Gasteiger partial charge on any atom is 0.251 e. The second kappa shape index (κ2) is 6.61. The van der Waals surface area contributed by atoms with Gasteiger partial charge in [0, 0.05) is 37.5 Å². The number of anilines is 1. The van der Waals surface area contributed by atoms with Crippen molar-refractivity contribution in [1.29, 1.82) is 0 Å². The lowest BCUT2D eigenvalue weighted by Gasteiger charge is -2.06. The molecule has 0 aliphatic carbocycles. The van der Waals surface area contributed by atoms with Crippen LogP contribution in [0, 0.1) is 0 Å². The highest BCUT2D eigenvalue weighted by atomic mass is 32.2. The number of nitrogens with zero attached hydrogens (tertiary/aromatic N) is 2. The van der Waals surface area contributed by atoms with E-state index < -0.39 is 10.0 Å². The predicted octanol–water partition coefficient (Wildman–Crippen LogP) is 0.764. The third-order valence-corrected chi connectivity index (χ3v) is 3.48. The smallest absolute Gasteiger partial charge is 0.251 e. The van der Waals surface area contributed by atoms with Crippen LogP contribution in [0.5, 0.6) is 0 Å². The molecule has 118 valence electrons. The number of nitrogens with one attached hydrogen (secondary N) is 2. The second-order valence-electron chi connectivity index (χ2n) is 4.99. The number of amides is 1. The molecule has 0 aliphatic heterocycles. The summed E-state index contributed by atoms with van der Waals surface area (Å²) in [4.78, 5) is 16.1. The molecule has 0 bridgehead atoms. The van der Waals surface area contributed by atoms with Gasteiger partial charge in [-0.05, 0) is 24.3 Å². The minimum Gasteiger partial charge on any atom is -0.352 e. The Bertz CT molecular complexity index is 751. The summed E-state index contributed by atoms with van der Waals surface area (Å²) in [5.74, 6) is -0.207. The van der Waals surface area contributed by atoms with Crippen molar-refractivity contribution in [2.45, 2.75) is 6.42 Å². The van der Waals surface area contributed by atoms with Gasteiger partial charge in [0.2, 0.25) is 10.0 Å². The molecule has 2 rings (SSSR count). The first-order valence-electron chi connectivity index (χ1n) is 6.66. The molecular formula is C14H18N4O3S. The van der Waals surface area contributed by atoms with Gasteiger partial charge in [0.1, 0.15) is 0 Å². The Kier molecular flexibility index (Phi) is 4.81. The quantitative estimate of drug-likeness (QED) is 0.821. The van der Waals surface area contributed by atoms with E-state index in [4.69, 9.17) is 0 Å². The number of aryl methyl sites for hydroxylation is 1. The predicted molar refractivity (Wildman–Crippen MR) is 84.2 cm³/mol. The zero-order chi connectivity index (χ0) is 16.2. The van der Waals surface area contributed by atoms with Crippen LogP contribution in [0.15, 0.2) is 36.8 Å². The first-order chi connectivity index (χ1) is 10.3. The summed E-state index contributed by atoms with van der Waals surface area (Å²) >= 11 is 0. The van der Waals surface area contributed by atoms with E-state index in [1.54, 1.807) is 30.6 Å². The van der Waals surface area contributed by atoms with Crippen LogP contribution in [-0.4, -0.2) is 36.7 Å². The molecule has 1 heterocycles. The van der Waals surface area contributed by atoms with Gasteiger partial charge in [-0.1, -0.05) is 0 Å². The third-order valence-electron chi connectivity index (χ3n) is 2.88. The SMILES string of the molecule is Cn1cnc(CCNC(=O)c2ccc(NS(C)(=O)=O)cc2)c1. The van der Waals surface area contributed by atoms with Gasteiger partial charge in [-0.15, -0.1) is 0 Å². The Hall–Kier alpha value is -2.35. The van der Waals surface area contributed by atoms with Crippen molar-refractivity contribution in [2.24, 2.45) is 7.05 Å². The summed E-state index contributed by atoms with van der Waals surface area (Å²) in [5.41, 5.74) is 1.81. The first kappa shape index (κ1) is 16.0. The summed E-state index contributed by atoms with van der Waals surface area (Å²) in [6.45, 7) is 0.485. The molecule has 0 saturated heterocycles. The zero-order valence-corrected chi connectivity index (χ0v) is 13.2. The number of hydrogen-bond donors (Lipinski definition) is 2. The van der Waals surface area contributed by atoms with Crippen LogP contribution in [-0.2, 0) is 23.5 Å². The maximum atomic E-state index is 12.0. The van der Waals surface area contributed by atoms with Crippen LogP contribution in [0.4, 0.5) is 5.69 Å². The zero-order valence-electron chi connectivity index (χ0n) is 12.4. The van der Waals surface area contributed by atoms with Crippen LogP contribution in [0.2, 0.25) is 0 Å². The standard InChI is InChI=1S/C14H18N4O3S/c1-18-9-13(16-10-18)7-8-15-14(19)11-3-5-12(6-4-11)17-22(2,20)21/h3-6,9-10,17H,7-8H2,1-2H3,(H,15,19). The fraction of sp³-hybridized carbons (Fsp3) is 0.286. The molecule has 1 aromatic heterocycles. The molecule has 22 heavy (non-hydrogen) atoms. The normalized spacial score (nSPS) is 11.2. The number of rotatable bonds is 6. The number of carbonyl (C=O) groups is 1. The fourth-order valence-corrected chi connectivity index (χ4v) is 2.47. The van der Waals surface area contributed by atoms with Gasteiger partial charge in [-0.3, -0.25) is 9.52 Å². The van der Waals surface area contributed by atoms with E-state index in [1.807, 2.05) is 17.8 Å². The van der Waals surface area contributed by atoms with E-state index in [0.29, 0.717) is 24.2 Å². The van der Waals surface area contributed by atoms with Crippen molar-refractivity contribution in [3.8, 4) is 0 Å². The average Bonchev–Trinajstić information content (AvgIpc) is 2.83. The van der Waals surface area contributed by atoms with Crippen LogP contribution in [0.1, 0.15) is 16.1 Å². The maximum absolute atomic E-state index is 12.0. The van der Waals surface area contributed by atoms with Crippen molar-refractivity contribution < 1.29 is 13.2 Å². The largest absolute Gasteiger partial charge is 0.352 e. The Morgan fingerprint density at radius 1 is 1.27 bits per heavy atom. The molecule has 0 fully saturated rings. The van der Waals surface area contributed by atoms with Crippen LogP contribution >= 0.6 is 0 Å². The summed E-state index contributed by atoms with van der Waals surface area (Å²) in [6.07, 6.45) is 5.34. The number of sulfonamides is 1. The highest BCUT2D eigenvalue weighted by molar-refractivity contribution is 7.92. The van der Waals surface area contributed by atoms with E-state index in [9.17, 15) is 13.2 Å². The summed E-state index contributed by atoms with van der Waals surface area (Å²) in [5, 5.41) is 2.80. The van der Waals surface area contributed by atoms with Gasteiger partial charge in [0.25, 0.3) is 5.91 Å². The average molecular weight is 322 g/mol.